The molecule has 1 atom stereocenters. The van der Waals surface area contributed by atoms with Crippen molar-refractivity contribution >= 4 is 38.7 Å². The van der Waals surface area contributed by atoms with Gasteiger partial charge in [-0.3, -0.25) is 4.79 Å². The van der Waals surface area contributed by atoms with Gasteiger partial charge in [-0.2, -0.15) is 0 Å². The Bertz CT molecular complexity index is 952. The summed E-state index contributed by atoms with van der Waals surface area (Å²) in [5.41, 5.74) is 3.54. The Morgan fingerprint density at radius 1 is 1.19 bits per heavy atom. The predicted octanol–water partition coefficient (Wildman–Crippen LogP) is 3.87. The van der Waals surface area contributed by atoms with Crippen LogP contribution in [0.15, 0.2) is 12.1 Å². The fourth-order valence-corrected chi connectivity index (χ4v) is 5.78. The topological polar surface area (TPSA) is 74.8 Å². The lowest BCUT2D eigenvalue weighted by molar-refractivity contribution is -0.126. The minimum absolute atomic E-state index is 0.0216. The monoisotopic (exact) mass is 444 g/mol. The molecule has 2 saturated heterocycles. The van der Waals surface area contributed by atoms with E-state index in [1.165, 1.54) is 15.8 Å². The third-order valence-electron chi connectivity index (χ3n) is 6.25. The Morgan fingerprint density at radius 2 is 1.97 bits per heavy atom. The molecule has 0 radical (unpaired) electrons. The largest absolute Gasteiger partial charge is 0.450 e. The molecular weight excluding hydrogens is 412 g/mol. The summed E-state index contributed by atoms with van der Waals surface area (Å²) in [4.78, 5) is 33.7. The summed E-state index contributed by atoms with van der Waals surface area (Å²) >= 11 is 1.72. The summed E-state index contributed by atoms with van der Waals surface area (Å²) in [7, 11) is 0. The summed E-state index contributed by atoms with van der Waals surface area (Å²) < 4.78 is 6.29. The number of ether oxygens (including phenoxy) is 1. The van der Waals surface area contributed by atoms with Crippen LogP contribution in [0.3, 0.4) is 0 Å². The van der Waals surface area contributed by atoms with Crippen LogP contribution >= 0.6 is 11.3 Å². The Balaban J connectivity index is 1.34. The average molecular weight is 445 g/mol. The standard InChI is InChI=1S/C23H32N4O3S/c1-4-30-23(29)26-10-7-18(8-11-26)24-21(28)17-6-5-9-27(14-17)22-25-20-16(3)12-15(2)13-19(20)31-22/h12-13,17-18H,4-11,14H2,1-3H3,(H,24,28)/t17-/m1/s1. The first-order chi connectivity index (χ1) is 14.9. The number of likely N-dealkylation sites (tertiary alicyclic amines) is 1. The molecule has 2 aromatic rings. The highest BCUT2D eigenvalue weighted by Gasteiger charge is 2.30. The van der Waals surface area contributed by atoms with Gasteiger partial charge in [0.2, 0.25) is 5.91 Å². The van der Waals surface area contributed by atoms with Crippen molar-refractivity contribution in [3.63, 3.8) is 0 Å². The molecule has 1 N–H and O–H groups in total. The lowest BCUT2D eigenvalue weighted by Crippen LogP contribution is -2.50. The number of hydrogen-bond acceptors (Lipinski definition) is 6. The molecule has 31 heavy (non-hydrogen) atoms. The number of rotatable bonds is 4. The number of piperidine rings is 2. The summed E-state index contributed by atoms with van der Waals surface area (Å²) in [6.07, 6.45) is 3.20. The highest BCUT2D eigenvalue weighted by atomic mass is 32.1. The summed E-state index contributed by atoms with van der Waals surface area (Å²) in [6.45, 7) is 9.35. The van der Waals surface area contributed by atoms with Crippen molar-refractivity contribution in [1.29, 1.82) is 0 Å². The lowest BCUT2D eigenvalue weighted by atomic mass is 9.96. The van der Waals surface area contributed by atoms with E-state index in [1.54, 1.807) is 16.2 Å². The van der Waals surface area contributed by atoms with Crippen molar-refractivity contribution < 1.29 is 14.3 Å². The number of aryl methyl sites for hydroxylation is 2. The van der Waals surface area contributed by atoms with Gasteiger partial charge in [-0.15, -0.1) is 0 Å². The number of nitrogens with zero attached hydrogens (tertiary/aromatic N) is 3. The molecular formula is C23H32N4O3S. The van der Waals surface area contributed by atoms with Crippen molar-refractivity contribution in [3.8, 4) is 0 Å². The van der Waals surface area contributed by atoms with Gasteiger partial charge in [-0.1, -0.05) is 17.4 Å². The molecule has 0 saturated carbocycles. The first kappa shape index (κ1) is 21.9. The molecule has 168 valence electrons. The van der Waals surface area contributed by atoms with E-state index in [-0.39, 0.29) is 24.0 Å². The quantitative estimate of drug-likeness (QED) is 0.775. The van der Waals surface area contributed by atoms with Crippen molar-refractivity contribution in [3.05, 3.63) is 23.3 Å². The molecule has 0 bridgehead atoms. The highest BCUT2D eigenvalue weighted by Crippen LogP contribution is 2.33. The molecule has 2 fully saturated rings. The van der Waals surface area contributed by atoms with E-state index >= 15 is 0 Å². The van der Waals surface area contributed by atoms with Gasteiger partial charge in [-0.05, 0) is 63.6 Å². The van der Waals surface area contributed by atoms with Gasteiger partial charge in [0.05, 0.1) is 22.7 Å². The maximum atomic E-state index is 13.0. The van der Waals surface area contributed by atoms with Gasteiger partial charge in [0.1, 0.15) is 0 Å². The van der Waals surface area contributed by atoms with E-state index < -0.39 is 0 Å². The van der Waals surface area contributed by atoms with Gasteiger partial charge < -0.3 is 19.9 Å². The first-order valence-electron chi connectivity index (χ1n) is 11.3. The molecule has 2 amide bonds. The van der Waals surface area contributed by atoms with E-state index in [4.69, 9.17) is 9.72 Å². The molecule has 0 spiro atoms. The minimum atomic E-state index is -0.253. The number of carbonyl (C=O) groups excluding carboxylic acids is 2. The third-order valence-corrected chi connectivity index (χ3v) is 7.31. The number of thiazole rings is 1. The van der Waals surface area contributed by atoms with E-state index in [2.05, 4.69) is 36.2 Å². The van der Waals surface area contributed by atoms with Crippen molar-refractivity contribution in [1.82, 2.24) is 15.2 Å². The third kappa shape index (κ3) is 4.95. The Labute approximate surface area is 187 Å². The number of anilines is 1. The number of hydrogen-bond donors (Lipinski definition) is 1. The molecule has 4 rings (SSSR count). The molecule has 0 unspecified atom stereocenters. The summed E-state index contributed by atoms with van der Waals surface area (Å²) in [5.74, 6) is 0.110. The number of carbonyl (C=O) groups is 2. The normalized spacial score (nSPS) is 20.2. The van der Waals surface area contributed by atoms with Crippen LogP contribution < -0.4 is 10.2 Å². The zero-order valence-corrected chi connectivity index (χ0v) is 19.5. The number of nitrogens with one attached hydrogen (secondary N) is 1. The van der Waals surface area contributed by atoms with Crippen LogP contribution in [0.25, 0.3) is 10.2 Å². The highest BCUT2D eigenvalue weighted by molar-refractivity contribution is 7.22. The zero-order chi connectivity index (χ0) is 22.0. The molecule has 7 nitrogen and oxygen atoms in total. The van der Waals surface area contributed by atoms with E-state index in [1.807, 2.05) is 6.92 Å². The van der Waals surface area contributed by atoms with Crippen LogP contribution in [-0.2, 0) is 9.53 Å². The van der Waals surface area contributed by atoms with Crippen LogP contribution in [-0.4, -0.2) is 60.7 Å². The summed E-state index contributed by atoms with van der Waals surface area (Å²) in [6, 6.07) is 4.49. The first-order valence-corrected chi connectivity index (χ1v) is 12.1. The van der Waals surface area contributed by atoms with Crippen LogP contribution in [0.4, 0.5) is 9.93 Å². The second kappa shape index (κ2) is 9.42. The van der Waals surface area contributed by atoms with Gasteiger partial charge in [0.15, 0.2) is 5.13 Å². The van der Waals surface area contributed by atoms with Gasteiger partial charge in [-0.25, -0.2) is 9.78 Å². The molecule has 2 aliphatic heterocycles. The zero-order valence-electron chi connectivity index (χ0n) is 18.6. The number of amides is 2. The van der Waals surface area contributed by atoms with Crippen molar-refractivity contribution in [2.75, 3.05) is 37.7 Å². The molecule has 3 heterocycles. The minimum Gasteiger partial charge on any atom is -0.450 e. The predicted molar refractivity (Wildman–Crippen MR) is 124 cm³/mol. The fourth-order valence-electron chi connectivity index (χ4n) is 4.60. The Morgan fingerprint density at radius 3 is 2.71 bits per heavy atom. The molecule has 8 heteroatoms. The molecule has 0 aliphatic carbocycles. The number of benzene rings is 1. The van der Waals surface area contributed by atoms with E-state index in [9.17, 15) is 9.59 Å². The maximum absolute atomic E-state index is 13.0. The SMILES string of the molecule is CCOC(=O)N1CCC(NC(=O)[C@@H]2CCCN(c3nc4c(C)cc(C)cc4s3)C2)CC1. The van der Waals surface area contributed by atoms with Crippen LogP contribution in [0, 0.1) is 19.8 Å². The van der Waals surface area contributed by atoms with Crippen LogP contribution in [0.5, 0.6) is 0 Å². The van der Waals surface area contributed by atoms with Crippen molar-refractivity contribution in [2.45, 2.75) is 52.5 Å². The maximum Gasteiger partial charge on any atom is 0.409 e. The van der Waals surface area contributed by atoms with E-state index in [0.29, 0.717) is 26.2 Å². The van der Waals surface area contributed by atoms with Gasteiger partial charge >= 0.3 is 6.09 Å². The molecule has 1 aromatic carbocycles. The Hall–Kier alpha value is -2.35. The second-order valence-corrected chi connectivity index (χ2v) is 9.69. The average Bonchev–Trinajstić information content (AvgIpc) is 3.19. The molecule has 1 aromatic heterocycles. The van der Waals surface area contributed by atoms with Crippen LogP contribution in [0.2, 0.25) is 0 Å². The number of aromatic nitrogens is 1. The summed E-state index contributed by atoms with van der Waals surface area (Å²) in [5, 5.41) is 4.25. The number of fused-ring (bicyclic) bond motifs is 1. The smallest absolute Gasteiger partial charge is 0.409 e. The van der Waals surface area contributed by atoms with Gasteiger partial charge in [0.25, 0.3) is 0 Å². The fraction of sp³-hybridized carbons (Fsp3) is 0.609. The lowest BCUT2D eigenvalue weighted by Gasteiger charge is -2.35. The van der Waals surface area contributed by atoms with Crippen LogP contribution in [0.1, 0.15) is 43.7 Å². The van der Waals surface area contributed by atoms with Crippen molar-refractivity contribution in [2.24, 2.45) is 5.92 Å². The van der Waals surface area contributed by atoms with E-state index in [0.717, 1.165) is 42.9 Å². The Kier molecular flexibility index (Phi) is 6.65. The molecule has 2 aliphatic rings. The second-order valence-electron chi connectivity index (χ2n) is 8.68. The van der Waals surface area contributed by atoms with Gasteiger partial charge in [0, 0.05) is 32.2 Å².